The molecule has 0 aliphatic heterocycles. The lowest BCUT2D eigenvalue weighted by Crippen LogP contribution is -2.21. The fourth-order valence-electron chi connectivity index (χ4n) is 2.50. The summed E-state index contributed by atoms with van der Waals surface area (Å²) in [5.41, 5.74) is 1.33. The summed E-state index contributed by atoms with van der Waals surface area (Å²) in [5.74, 6) is 1.56. The van der Waals surface area contributed by atoms with Crippen LogP contribution in [0.15, 0.2) is 18.5 Å². The molecule has 0 spiro atoms. The fourth-order valence-corrected chi connectivity index (χ4v) is 2.50. The predicted octanol–water partition coefficient (Wildman–Crippen LogP) is 2.73. The van der Waals surface area contributed by atoms with Crippen LogP contribution in [0.4, 0.5) is 0 Å². The van der Waals surface area contributed by atoms with Gasteiger partial charge in [-0.15, -0.1) is 0 Å². The Morgan fingerprint density at radius 3 is 3.00 bits per heavy atom. The van der Waals surface area contributed by atoms with Crippen molar-refractivity contribution in [1.29, 1.82) is 0 Å². The van der Waals surface area contributed by atoms with Crippen LogP contribution in [-0.4, -0.2) is 24.7 Å². The van der Waals surface area contributed by atoms with E-state index >= 15 is 0 Å². The Hall–Kier alpha value is -1.09. The van der Waals surface area contributed by atoms with Gasteiger partial charge in [0.1, 0.15) is 5.75 Å². The van der Waals surface area contributed by atoms with Crippen LogP contribution in [0.3, 0.4) is 0 Å². The first kappa shape index (κ1) is 12.4. The van der Waals surface area contributed by atoms with Crippen molar-refractivity contribution in [1.82, 2.24) is 10.3 Å². The molecule has 1 aliphatic rings. The van der Waals surface area contributed by atoms with E-state index in [4.69, 9.17) is 4.74 Å². The second kappa shape index (κ2) is 6.01. The summed E-state index contributed by atoms with van der Waals surface area (Å²) in [6.45, 7) is 2.89. The van der Waals surface area contributed by atoms with E-state index in [1.165, 1.54) is 24.8 Å². The molecule has 1 saturated carbocycles. The zero-order valence-electron chi connectivity index (χ0n) is 10.8. The molecule has 1 aromatic heterocycles. The smallest absolute Gasteiger partial charge is 0.137 e. The van der Waals surface area contributed by atoms with Gasteiger partial charge in [0.05, 0.1) is 12.8 Å². The molecule has 17 heavy (non-hydrogen) atoms. The monoisotopic (exact) mass is 234 g/mol. The van der Waals surface area contributed by atoms with E-state index in [2.05, 4.69) is 23.3 Å². The van der Waals surface area contributed by atoms with E-state index in [1.807, 2.05) is 19.4 Å². The third-order valence-electron chi connectivity index (χ3n) is 3.52. The number of ether oxygens (including phenoxy) is 1. The Bertz CT molecular complexity index is 354. The normalized spacial score (nSPS) is 23.9. The van der Waals surface area contributed by atoms with Gasteiger partial charge in [0.15, 0.2) is 0 Å². The fraction of sp³-hybridized carbons (Fsp3) is 0.643. The van der Waals surface area contributed by atoms with Crippen LogP contribution < -0.4 is 10.1 Å². The van der Waals surface area contributed by atoms with E-state index in [0.717, 1.165) is 18.8 Å². The van der Waals surface area contributed by atoms with Crippen molar-refractivity contribution < 1.29 is 4.74 Å². The number of nitrogens with one attached hydrogen (secondary N) is 1. The van der Waals surface area contributed by atoms with Crippen molar-refractivity contribution in [2.24, 2.45) is 0 Å². The maximum atomic E-state index is 5.63. The van der Waals surface area contributed by atoms with Crippen molar-refractivity contribution in [3.63, 3.8) is 0 Å². The largest absolute Gasteiger partial charge is 0.492 e. The van der Waals surface area contributed by atoms with Gasteiger partial charge in [-0.1, -0.05) is 6.92 Å². The predicted molar refractivity (Wildman–Crippen MR) is 69.5 cm³/mol. The molecule has 2 rings (SSSR count). The molecule has 0 radical (unpaired) electrons. The Labute approximate surface area is 104 Å². The van der Waals surface area contributed by atoms with Crippen LogP contribution in [0.5, 0.6) is 5.75 Å². The molecule has 1 N–H and O–H groups in total. The topological polar surface area (TPSA) is 34.1 Å². The highest BCUT2D eigenvalue weighted by Crippen LogP contribution is 2.35. The summed E-state index contributed by atoms with van der Waals surface area (Å²) < 4.78 is 5.63. The van der Waals surface area contributed by atoms with Crippen molar-refractivity contribution >= 4 is 0 Å². The standard InChI is InChI=1S/C14H22N2O/c1-3-6-17-14-8-12(9-16-10-14)11-4-5-13(7-11)15-2/h8-11,13,15H,3-7H2,1-2H3. The minimum Gasteiger partial charge on any atom is -0.492 e. The first-order chi connectivity index (χ1) is 8.33. The van der Waals surface area contributed by atoms with Gasteiger partial charge in [0, 0.05) is 12.2 Å². The van der Waals surface area contributed by atoms with Crippen LogP contribution in [0.1, 0.15) is 44.1 Å². The SMILES string of the molecule is CCCOc1cncc(C2CCC(NC)C2)c1. The van der Waals surface area contributed by atoms with E-state index in [9.17, 15) is 0 Å². The van der Waals surface area contributed by atoms with Gasteiger partial charge in [-0.3, -0.25) is 4.98 Å². The Morgan fingerprint density at radius 2 is 2.29 bits per heavy atom. The molecule has 0 amide bonds. The van der Waals surface area contributed by atoms with Crippen molar-refractivity contribution in [2.45, 2.75) is 44.6 Å². The summed E-state index contributed by atoms with van der Waals surface area (Å²) in [7, 11) is 2.05. The molecule has 0 saturated heterocycles. The number of nitrogens with zero attached hydrogens (tertiary/aromatic N) is 1. The van der Waals surface area contributed by atoms with Gasteiger partial charge in [-0.25, -0.2) is 0 Å². The molecule has 0 aromatic carbocycles. The third-order valence-corrected chi connectivity index (χ3v) is 3.52. The summed E-state index contributed by atoms with van der Waals surface area (Å²) in [4.78, 5) is 4.29. The van der Waals surface area contributed by atoms with Gasteiger partial charge < -0.3 is 10.1 Å². The number of rotatable bonds is 5. The lowest BCUT2D eigenvalue weighted by molar-refractivity contribution is 0.315. The van der Waals surface area contributed by atoms with Gasteiger partial charge in [0.2, 0.25) is 0 Å². The molecule has 3 heteroatoms. The Balaban J connectivity index is 2.01. The molecule has 1 heterocycles. The van der Waals surface area contributed by atoms with Crippen molar-refractivity contribution in [2.75, 3.05) is 13.7 Å². The van der Waals surface area contributed by atoms with Gasteiger partial charge in [-0.2, -0.15) is 0 Å². The Kier molecular flexibility index (Phi) is 4.37. The average molecular weight is 234 g/mol. The number of hydrogen-bond donors (Lipinski definition) is 1. The molecule has 0 bridgehead atoms. The number of aromatic nitrogens is 1. The minimum absolute atomic E-state index is 0.644. The van der Waals surface area contributed by atoms with Crippen LogP contribution in [-0.2, 0) is 0 Å². The minimum atomic E-state index is 0.644. The van der Waals surface area contributed by atoms with E-state index < -0.39 is 0 Å². The zero-order chi connectivity index (χ0) is 12.1. The van der Waals surface area contributed by atoms with E-state index in [-0.39, 0.29) is 0 Å². The molecule has 94 valence electrons. The molecule has 2 unspecified atom stereocenters. The van der Waals surface area contributed by atoms with Crippen molar-refractivity contribution in [3.8, 4) is 5.75 Å². The molecular formula is C14H22N2O. The van der Waals surface area contributed by atoms with E-state index in [0.29, 0.717) is 12.0 Å². The molecule has 1 aliphatic carbocycles. The lowest BCUT2D eigenvalue weighted by atomic mass is 9.99. The maximum Gasteiger partial charge on any atom is 0.137 e. The number of pyridine rings is 1. The molecule has 1 aromatic rings. The summed E-state index contributed by atoms with van der Waals surface area (Å²) in [5, 5.41) is 3.36. The summed E-state index contributed by atoms with van der Waals surface area (Å²) in [6, 6.07) is 2.82. The second-order valence-electron chi connectivity index (χ2n) is 4.80. The molecule has 3 nitrogen and oxygen atoms in total. The first-order valence-corrected chi connectivity index (χ1v) is 6.58. The number of hydrogen-bond acceptors (Lipinski definition) is 3. The summed E-state index contributed by atoms with van der Waals surface area (Å²) in [6.07, 6.45) is 8.57. The van der Waals surface area contributed by atoms with Crippen LogP contribution >= 0.6 is 0 Å². The molecular weight excluding hydrogens is 212 g/mol. The van der Waals surface area contributed by atoms with Crippen molar-refractivity contribution in [3.05, 3.63) is 24.0 Å². The highest BCUT2D eigenvalue weighted by Gasteiger charge is 2.25. The quantitative estimate of drug-likeness (QED) is 0.850. The first-order valence-electron chi connectivity index (χ1n) is 6.58. The summed E-state index contributed by atoms with van der Waals surface area (Å²) >= 11 is 0. The third kappa shape index (κ3) is 3.19. The van der Waals surface area contributed by atoms with Crippen LogP contribution in [0, 0.1) is 0 Å². The average Bonchev–Trinajstić information content (AvgIpc) is 2.85. The van der Waals surface area contributed by atoms with Gasteiger partial charge >= 0.3 is 0 Å². The highest BCUT2D eigenvalue weighted by molar-refractivity contribution is 5.27. The molecule has 2 atom stereocenters. The Morgan fingerprint density at radius 1 is 1.41 bits per heavy atom. The highest BCUT2D eigenvalue weighted by atomic mass is 16.5. The van der Waals surface area contributed by atoms with Crippen LogP contribution in [0.2, 0.25) is 0 Å². The second-order valence-corrected chi connectivity index (χ2v) is 4.80. The van der Waals surface area contributed by atoms with Crippen LogP contribution in [0.25, 0.3) is 0 Å². The molecule has 1 fully saturated rings. The lowest BCUT2D eigenvalue weighted by Gasteiger charge is -2.12. The van der Waals surface area contributed by atoms with E-state index in [1.54, 1.807) is 0 Å². The zero-order valence-corrected chi connectivity index (χ0v) is 10.8. The van der Waals surface area contributed by atoms with Gasteiger partial charge in [-0.05, 0) is 50.3 Å². The maximum absolute atomic E-state index is 5.63. The van der Waals surface area contributed by atoms with Gasteiger partial charge in [0.25, 0.3) is 0 Å².